The van der Waals surface area contributed by atoms with Crippen LogP contribution in [0.4, 0.5) is 0 Å². The molecule has 1 atom stereocenters. The second-order valence-corrected chi connectivity index (χ2v) is 5.60. The van der Waals surface area contributed by atoms with Gasteiger partial charge in [-0.3, -0.25) is 9.48 Å². The Morgan fingerprint density at radius 1 is 1.35 bits per heavy atom. The Hall–Kier alpha value is -2.70. The number of aryl methyl sites for hydroxylation is 3. The van der Waals surface area contributed by atoms with Crippen LogP contribution in [0.1, 0.15) is 47.3 Å². The average Bonchev–Trinajstić information content (AvgIpc) is 3.12. The second-order valence-electron chi connectivity index (χ2n) is 5.60. The van der Waals surface area contributed by atoms with E-state index in [2.05, 4.69) is 20.5 Å². The first kappa shape index (κ1) is 15.2. The minimum Gasteiger partial charge on any atom is -0.344 e. The largest absolute Gasteiger partial charge is 0.344 e. The van der Waals surface area contributed by atoms with E-state index < -0.39 is 0 Å². The fraction of sp³-hybridized carbons (Fsp3) is 0.375. The second kappa shape index (κ2) is 5.83. The summed E-state index contributed by atoms with van der Waals surface area (Å²) in [6.07, 6.45) is 3.30. The quantitative estimate of drug-likeness (QED) is 0.800. The maximum Gasteiger partial charge on any atom is 0.257 e. The van der Waals surface area contributed by atoms with Gasteiger partial charge in [-0.25, -0.2) is 9.50 Å². The van der Waals surface area contributed by atoms with Crippen molar-refractivity contribution in [3.05, 3.63) is 47.2 Å². The number of rotatable bonds is 4. The summed E-state index contributed by atoms with van der Waals surface area (Å²) in [4.78, 5) is 17.1. The molecule has 0 aromatic carbocycles. The van der Waals surface area contributed by atoms with Crippen LogP contribution in [-0.2, 0) is 6.54 Å². The average molecular weight is 312 g/mol. The van der Waals surface area contributed by atoms with Crippen molar-refractivity contribution in [2.24, 2.45) is 0 Å². The first-order valence-electron chi connectivity index (χ1n) is 7.65. The van der Waals surface area contributed by atoms with Gasteiger partial charge in [0.2, 0.25) is 0 Å². The molecule has 1 amide bonds. The van der Waals surface area contributed by atoms with Crippen LogP contribution in [0.3, 0.4) is 0 Å². The molecule has 3 aromatic heterocycles. The van der Waals surface area contributed by atoms with Crippen LogP contribution < -0.4 is 5.32 Å². The highest BCUT2D eigenvalue weighted by atomic mass is 16.1. The molecule has 0 saturated carbocycles. The maximum atomic E-state index is 12.6. The third-order valence-electron chi connectivity index (χ3n) is 3.86. The molecule has 0 aliphatic rings. The molecule has 7 heteroatoms. The third kappa shape index (κ3) is 2.69. The number of nitrogens with zero attached hydrogens (tertiary/aromatic N) is 5. The Balaban J connectivity index is 1.89. The predicted molar refractivity (Wildman–Crippen MR) is 86.2 cm³/mol. The van der Waals surface area contributed by atoms with Crippen LogP contribution >= 0.6 is 0 Å². The van der Waals surface area contributed by atoms with Crippen LogP contribution in [0.25, 0.3) is 5.65 Å². The van der Waals surface area contributed by atoms with Gasteiger partial charge in [0.05, 0.1) is 17.9 Å². The van der Waals surface area contributed by atoms with Crippen LogP contribution in [0.15, 0.2) is 24.5 Å². The van der Waals surface area contributed by atoms with E-state index in [0.29, 0.717) is 11.2 Å². The molecule has 0 bridgehead atoms. The molecule has 3 heterocycles. The van der Waals surface area contributed by atoms with Crippen LogP contribution in [0.2, 0.25) is 0 Å². The van der Waals surface area contributed by atoms with Crippen molar-refractivity contribution in [2.75, 3.05) is 0 Å². The van der Waals surface area contributed by atoms with Gasteiger partial charge in [-0.2, -0.15) is 10.2 Å². The number of carbonyl (C=O) groups is 1. The van der Waals surface area contributed by atoms with Crippen molar-refractivity contribution in [1.82, 2.24) is 29.7 Å². The van der Waals surface area contributed by atoms with Crippen molar-refractivity contribution >= 4 is 11.6 Å². The monoisotopic (exact) mass is 312 g/mol. The number of nitrogens with one attached hydrogen (secondary N) is 1. The molecule has 0 aliphatic heterocycles. The van der Waals surface area contributed by atoms with Gasteiger partial charge in [-0.15, -0.1) is 0 Å². The van der Waals surface area contributed by atoms with Gasteiger partial charge in [0.1, 0.15) is 5.56 Å². The normalized spacial score (nSPS) is 12.5. The smallest absolute Gasteiger partial charge is 0.257 e. The lowest BCUT2D eigenvalue weighted by molar-refractivity contribution is 0.0939. The summed E-state index contributed by atoms with van der Waals surface area (Å²) in [5.74, 6) is -0.186. The number of hydrogen-bond donors (Lipinski definition) is 1. The zero-order valence-corrected chi connectivity index (χ0v) is 13.7. The molecule has 0 radical (unpaired) electrons. The van der Waals surface area contributed by atoms with Crippen LogP contribution in [-0.4, -0.2) is 30.3 Å². The summed E-state index contributed by atoms with van der Waals surface area (Å²) in [5.41, 5.74) is 3.84. The molecule has 0 fully saturated rings. The van der Waals surface area contributed by atoms with Gasteiger partial charge >= 0.3 is 0 Å². The highest BCUT2D eigenvalue weighted by Crippen LogP contribution is 2.15. The summed E-state index contributed by atoms with van der Waals surface area (Å²) in [6, 6.07) is 3.70. The number of carbonyl (C=O) groups excluding carboxylic acids is 1. The van der Waals surface area contributed by atoms with E-state index >= 15 is 0 Å². The van der Waals surface area contributed by atoms with Crippen LogP contribution in [0.5, 0.6) is 0 Å². The molecular formula is C16H20N6O. The number of hydrogen-bond acceptors (Lipinski definition) is 4. The van der Waals surface area contributed by atoms with Gasteiger partial charge in [-0.1, -0.05) is 0 Å². The molecule has 1 unspecified atom stereocenters. The zero-order valence-electron chi connectivity index (χ0n) is 13.7. The lowest BCUT2D eigenvalue weighted by Crippen LogP contribution is -2.28. The summed E-state index contributed by atoms with van der Waals surface area (Å²) in [6.45, 7) is 8.57. The summed E-state index contributed by atoms with van der Waals surface area (Å²) < 4.78 is 3.55. The predicted octanol–water partition coefficient (Wildman–Crippen LogP) is 2.05. The highest BCUT2D eigenvalue weighted by Gasteiger charge is 2.19. The Morgan fingerprint density at radius 3 is 2.87 bits per heavy atom. The van der Waals surface area contributed by atoms with Crippen molar-refractivity contribution in [3.8, 4) is 0 Å². The Bertz CT molecular complexity index is 863. The van der Waals surface area contributed by atoms with E-state index in [1.54, 1.807) is 16.9 Å². The molecule has 3 rings (SSSR count). The highest BCUT2D eigenvalue weighted by molar-refractivity contribution is 5.99. The number of amides is 1. The lowest BCUT2D eigenvalue weighted by atomic mass is 10.2. The fourth-order valence-corrected chi connectivity index (χ4v) is 2.75. The Kier molecular flexibility index (Phi) is 3.85. The third-order valence-corrected chi connectivity index (χ3v) is 3.86. The SMILES string of the molecule is CCn1nccc1C(C)NC(=O)c1cnn2c(C)cc(C)nc12. The maximum absolute atomic E-state index is 12.6. The van der Waals surface area contributed by atoms with Crippen molar-refractivity contribution < 1.29 is 4.79 Å². The fourth-order valence-electron chi connectivity index (χ4n) is 2.75. The standard InChI is InChI=1S/C16H20N6O/c1-5-21-14(6-7-17-21)12(4)20-16(23)13-9-18-22-11(3)8-10(2)19-15(13)22/h6-9,12H,5H2,1-4H3,(H,20,23). The van der Waals surface area contributed by atoms with E-state index in [1.165, 1.54) is 0 Å². The van der Waals surface area contributed by atoms with E-state index in [9.17, 15) is 4.79 Å². The molecule has 0 saturated heterocycles. The summed E-state index contributed by atoms with van der Waals surface area (Å²) in [5, 5.41) is 11.5. The van der Waals surface area contributed by atoms with E-state index in [0.717, 1.165) is 23.6 Å². The number of fused-ring (bicyclic) bond motifs is 1. The minimum absolute atomic E-state index is 0.147. The molecule has 7 nitrogen and oxygen atoms in total. The summed E-state index contributed by atoms with van der Waals surface area (Å²) in [7, 11) is 0. The minimum atomic E-state index is -0.186. The lowest BCUT2D eigenvalue weighted by Gasteiger charge is -2.14. The first-order chi connectivity index (χ1) is 11.0. The Morgan fingerprint density at radius 2 is 2.13 bits per heavy atom. The molecule has 120 valence electrons. The van der Waals surface area contributed by atoms with Gasteiger partial charge in [-0.05, 0) is 39.8 Å². The van der Waals surface area contributed by atoms with E-state index in [-0.39, 0.29) is 11.9 Å². The van der Waals surface area contributed by atoms with Crippen molar-refractivity contribution in [3.63, 3.8) is 0 Å². The van der Waals surface area contributed by atoms with Crippen molar-refractivity contribution in [1.29, 1.82) is 0 Å². The molecule has 1 N–H and O–H groups in total. The molecule has 3 aromatic rings. The zero-order chi connectivity index (χ0) is 16.6. The van der Waals surface area contributed by atoms with Crippen LogP contribution in [0, 0.1) is 13.8 Å². The van der Waals surface area contributed by atoms with Gasteiger partial charge in [0.25, 0.3) is 5.91 Å². The molecule has 0 aliphatic carbocycles. The van der Waals surface area contributed by atoms with Gasteiger partial charge < -0.3 is 5.32 Å². The summed E-state index contributed by atoms with van der Waals surface area (Å²) >= 11 is 0. The molecule has 23 heavy (non-hydrogen) atoms. The van der Waals surface area contributed by atoms with Gasteiger partial charge in [0.15, 0.2) is 5.65 Å². The van der Waals surface area contributed by atoms with E-state index in [1.807, 2.05) is 44.5 Å². The first-order valence-corrected chi connectivity index (χ1v) is 7.65. The van der Waals surface area contributed by atoms with Gasteiger partial charge in [0, 0.05) is 24.1 Å². The molecule has 0 spiro atoms. The topological polar surface area (TPSA) is 77.1 Å². The molecular weight excluding hydrogens is 292 g/mol. The van der Waals surface area contributed by atoms with Crippen molar-refractivity contribution in [2.45, 2.75) is 40.3 Å². The van der Waals surface area contributed by atoms with E-state index in [4.69, 9.17) is 0 Å². The Labute approximate surface area is 134 Å². The number of aromatic nitrogens is 5.